The Hall–Kier alpha value is -3.04. The van der Waals surface area contributed by atoms with Gasteiger partial charge in [0.1, 0.15) is 24.4 Å². The third-order valence-electron chi connectivity index (χ3n) is 4.86. The maximum atomic E-state index is 12.7. The van der Waals surface area contributed by atoms with E-state index < -0.39 is 36.6 Å². The summed E-state index contributed by atoms with van der Waals surface area (Å²) in [6.07, 6.45) is -3.17. The van der Waals surface area contributed by atoms with Gasteiger partial charge in [0.25, 0.3) is 5.56 Å². The number of aliphatic hydroxyl groups is 3. The summed E-state index contributed by atoms with van der Waals surface area (Å²) >= 11 is 0. The highest BCUT2D eigenvalue weighted by molar-refractivity contribution is 5.55. The van der Waals surface area contributed by atoms with Gasteiger partial charge in [-0.25, -0.2) is 0 Å². The molecule has 4 N–H and O–H groups in total. The highest BCUT2D eigenvalue weighted by Crippen LogP contribution is 2.32. The average Bonchev–Trinajstić information content (AvgIpc) is 3.04. The number of anilines is 2. The van der Waals surface area contributed by atoms with Crippen molar-refractivity contribution in [3.8, 4) is 5.69 Å². The summed E-state index contributed by atoms with van der Waals surface area (Å²) in [5.41, 5.74) is 0.997. The fraction of sp³-hybridized carbons (Fsp3) is 0.238. The monoisotopic (exact) mass is 395 g/mol. The highest BCUT2D eigenvalue weighted by atomic mass is 16.6. The lowest BCUT2D eigenvalue weighted by Crippen LogP contribution is -2.33. The Kier molecular flexibility index (Phi) is 5.41. The van der Waals surface area contributed by atoms with E-state index in [1.807, 2.05) is 60.7 Å². The van der Waals surface area contributed by atoms with Crippen molar-refractivity contribution in [2.75, 3.05) is 11.9 Å². The Balaban J connectivity index is 1.80. The van der Waals surface area contributed by atoms with Crippen LogP contribution in [0.3, 0.4) is 0 Å². The lowest BCUT2D eigenvalue weighted by Gasteiger charge is -2.19. The van der Waals surface area contributed by atoms with Crippen molar-refractivity contribution in [3.05, 3.63) is 82.8 Å². The first-order chi connectivity index (χ1) is 14.1. The molecule has 0 bridgehead atoms. The third kappa shape index (κ3) is 3.79. The normalized spacial score (nSPS) is 23.8. The number of nitrogens with zero attached hydrogens (tertiary/aromatic N) is 2. The zero-order valence-electron chi connectivity index (χ0n) is 15.4. The van der Waals surface area contributed by atoms with Crippen molar-refractivity contribution < 1.29 is 20.1 Å². The van der Waals surface area contributed by atoms with E-state index in [2.05, 4.69) is 10.3 Å². The smallest absolute Gasteiger partial charge is 0.280 e. The molecule has 0 saturated carbocycles. The van der Waals surface area contributed by atoms with E-state index in [9.17, 15) is 20.1 Å². The topological polar surface area (TPSA) is 117 Å². The van der Waals surface area contributed by atoms with Gasteiger partial charge in [0, 0.05) is 17.6 Å². The fourth-order valence-electron chi connectivity index (χ4n) is 3.35. The molecule has 1 aliphatic rings. The molecular formula is C21H21N3O5. The van der Waals surface area contributed by atoms with E-state index >= 15 is 0 Å². The maximum Gasteiger partial charge on any atom is 0.280 e. The van der Waals surface area contributed by atoms with Crippen LogP contribution < -0.4 is 10.9 Å². The number of benzene rings is 2. The molecule has 1 aromatic heterocycles. The summed E-state index contributed by atoms with van der Waals surface area (Å²) in [5.74, 6) is 0.294. The Morgan fingerprint density at radius 2 is 1.66 bits per heavy atom. The van der Waals surface area contributed by atoms with Crippen LogP contribution in [0.2, 0.25) is 0 Å². The molecule has 3 aromatic rings. The fourth-order valence-corrected chi connectivity index (χ4v) is 3.35. The van der Waals surface area contributed by atoms with Crippen molar-refractivity contribution in [2.45, 2.75) is 24.4 Å². The zero-order chi connectivity index (χ0) is 20.4. The molecule has 2 aromatic carbocycles. The van der Waals surface area contributed by atoms with Gasteiger partial charge in [-0.2, -0.15) is 4.98 Å². The average molecular weight is 395 g/mol. The van der Waals surface area contributed by atoms with Gasteiger partial charge in [-0.05, 0) is 24.3 Å². The van der Waals surface area contributed by atoms with Crippen LogP contribution in [0, 0.1) is 0 Å². The molecule has 4 rings (SSSR count). The van der Waals surface area contributed by atoms with Gasteiger partial charge in [0.2, 0.25) is 5.95 Å². The second-order valence-corrected chi connectivity index (χ2v) is 6.78. The van der Waals surface area contributed by atoms with Gasteiger partial charge in [-0.3, -0.25) is 9.36 Å². The molecule has 0 aliphatic carbocycles. The van der Waals surface area contributed by atoms with Crippen LogP contribution in [0.5, 0.6) is 0 Å². The van der Waals surface area contributed by atoms with E-state index in [1.165, 1.54) is 6.20 Å². The first kappa shape index (κ1) is 19.3. The second-order valence-electron chi connectivity index (χ2n) is 6.78. The van der Waals surface area contributed by atoms with Crippen molar-refractivity contribution in [1.82, 2.24) is 9.55 Å². The van der Waals surface area contributed by atoms with Crippen molar-refractivity contribution in [2.24, 2.45) is 0 Å². The lowest BCUT2D eigenvalue weighted by molar-refractivity contribution is -0.0232. The minimum absolute atomic E-state index is 0.0926. The van der Waals surface area contributed by atoms with Gasteiger partial charge in [0.05, 0.1) is 12.2 Å². The van der Waals surface area contributed by atoms with Gasteiger partial charge in [-0.1, -0.05) is 36.4 Å². The Bertz CT molecular complexity index is 1030. The molecular weight excluding hydrogens is 374 g/mol. The van der Waals surface area contributed by atoms with E-state index in [1.54, 1.807) is 4.57 Å². The van der Waals surface area contributed by atoms with Crippen LogP contribution in [0.1, 0.15) is 11.7 Å². The van der Waals surface area contributed by atoms with Gasteiger partial charge in [-0.15, -0.1) is 0 Å². The first-order valence-corrected chi connectivity index (χ1v) is 9.22. The van der Waals surface area contributed by atoms with E-state index in [0.29, 0.717) is 5.95 Å². The van der Waals surface area contributed by atoms with Gasteiger partial charge >= 0.3 is 0 Å². The maximum absolute atomic E-state index is 12.7. The number of hydrogen-bond donors (Lipinski definition) is 4. The Morgan fingerprint density at radius 3 is 2.28 bits per heavy atom. The van der Waals surface area contributed by atoms with E-state index in [-0.39, 0.29) is 5.56 Å². The summed E-state index contributed by atoms with van der Waals surface area (Å²) < 4.78 is 7.21. The SMILES string of the molecule is O=c1nc(Nc2ccccc2)n(-c2ccccc2)cc1[C@@H]1O[C@H](CO)[C@@H](O)[C@H]1O. The molecule has 8 nitrogen and oxygen atoms in total. The molecule has 4 atom stereocenters. The molecule has 1 fully saturated rings. The summed E-state index contributed by atoms with van der Waals surface area (Å²) in [4.78, 5) is 16.9. The molecule has 0 spiro atoms. The van der Waals surface area contributed by atoms with Gasteiger partial charge in [0.15, 0.2) is 0 Å². The van der Waals surface area contributed by atoms with Crippen LogP contribution in [-0.4, -0.2) is 49.8 Å². The molecule has 8 heteroatoms. The number of rotatable bonds is 5. The first-order valence-electron chi connectivity index (χ1n) is 9.22. The number of aromatic nitrogens is 2. The molecule has 29 heavy (non-hydrogen) atoms. The summed E-state index contributed by atoms with van der Waals surface area (Å²) in [6.45, 7) is -0.470. The molecule has 1 aliphatic heterocycles. The molecule has 0 amide bonds. The second kappa shape index (κ2) is 8.14. The molecule has 1 saturated heterocycles. The molecule has 0 radical (unpaired) electrons. The standard InChI is InChI=1S/C21H21N3O5/c25-12-16-17(26)18(27)19(29-16)15-11-24(14-9-5-2-6-10-14)21(23-20(15)28)22-13-7-3-1-4-8-13/h1-11,16-19,25-27H,12H2,(H,22,23,28)/t16-,17-,18-,19+/m1/s1. The third-order valence-corrected chi connectivity index (χ3v) is 4.86. The number of ether oxygens (including phenoxy) is 1. The number of para-hydroxylation sites is 2. The number of hydrogen-bond acceptors (Lipinski definition) is 7. The van der Waals surface area contributed by atoms with E-state index in [0.717, 1.165) is 11.4 Å². The quantitative estimate of drug-likeness (QED) is 0.512. The van der Waals surface area contributed by atoms with Crippen LogP contribution in [0.15, 0.2) is 71.7 Å². The zero-order valence-corrected chi connectivity index (χ0v) is 15.4. The Morgan fingerprint density at radius 1 is 1.00 bits per heavy atom. The van der Waals surface area contributed by atoms with Crippen molar-refractivity contribution in [1.29, 1.82) is 0 Å². The predicted molar refractivity (Wildman–Crippen MR) is 106 cm³/mol. The van der Waals surface area contributed by atoms with Crippen LogP contribution >= 0.6 is 0 Å². The van der Waals surface area contributed by atoms with Gasteiger partial charge < -0.3 is 25.4 Å². The highest BCUT2D eigenvalue weighted by Gasteiger charge is 2.44. The largest absolute Gasteiger partial charge is 0.394 e. The van der Waals surface area contributed by atoms with Crippen LogP contribution in [0.25, 0.3) is 5.69 Å². The molecule has 0 unspecified atom stereocenters. The molecule has 150 valence electrons. The minimum atomic E-state index is -1.35. The predicted octanol–water partition coefficient (Wildman–Crippen LogP) is 1.13. The van der Waals surface area contributed by atoms with Crippen molar-refractivity contribution in [3.63, 3.8) is 0 Å². The number of aliphatic hydroxyl groups excluding tert-OH is 3. The summed E-state index contributed by atoms with van der Waals surface area (Å²) in [6, 6.07) is 18.6. The summed E-state index contributed by atoms with van der Waals surface area (Å²) in [7, 11) is 0. The molecule has 2 heterocycles. The minimum Gasteiger partial charge on any atom is -0.394 e. The van der Waals surface area contributed by atoms with Crippen LogP contribution in [0.4, 0.5) is 11.6 Å². The summed E-state index contributed by atoms with van der Waals surface area (Å²) in [5, 5.41) is 32.8. The van der Waals surface area contributed by atoms with E-state index in [4.69, 9.17) is 4.74 Å². The van der Waals surface area contributed by atoms with Crippen molar-refractivity contribution >= 4 is 11.6 Å². The van der Waals surface area contributed by atoms with Crippen LogP contribution in [-0.2, 0) is 4.74 Å². The lowest BCUT2D eigenvalue weighted by atomic mass is 10.0. The Labute approximate surface area is 166 Å². The number of nitrogens with one attached hydrogen (secondary N) is 1.